The lowest BCUT2D eigenvalue weighted by molar-refractivity contribution is -0.166. The van der Waals surface area contributed by atoms with Crippen molar-refractivity contribution in [3.63, 3.8) is 0 Å². The summed E-state index contributed by atoms with van der Waals surface area (Å²) < 4.78 is 18.0. The van der Waals surface area contributed by atoms with Crippen LogP contribution in [-0.2, 0) is 11.2 Å². The highest BCUT2D eigenvalue weighted by Crippen LogP contribution is 2.47. The molecule has 0 amide bonds. The van der Waals surface area contributed by atoms with Crippen molar-refractivity contribution in [1.82, 2.24) is 9.88 Å². The average molecular weight is 457 g/mol. The van der Waals surface area contributed by atoms with E-state index in [1.165, 1.54) is 11.1 Å². The fraction of sp³-hybridized carbons (Fsp3) is 0.500. The second-order valence-electron chi connectivity index (χ2n) is 7.20. The summed E-state index contributed by atoms with van der Waals surface area (Å²) in [5.74, 6) is 1.71. The van der Waals surface area contributed by atoms with Crippen LogP contribution in [0.15, 0.2) is 36.7 Å². The Balaban J connectivity index is 0.00000160. The molecular weight excluding hydrogens is 427 g/mol. The molecule has 6 nitrogen and oxygen atoms in total. The second kappa shape index (κ2) is 11.2. The molecule has 2 aliphatic heterocycles. The zero-order valence-corrected chi connectivity index (χ0v) is 19.0. The zero-order chi connectivity index (χ0) is 19.5. The van der Waals surface area contributed by atoms with Crippen LogP contribution < -0.4 is 9.47 Å². The van der Waals surface area contributed by atoms with E-state index >= 15 is 0 Å². The van der Waals surface area contributed by atoms with E-state index in [0.29, 0.717) is 19.8 Å². The molecule has 1 saturated heterocycles. The summed E-state index contributed by atoms with van der Waals surface area (Å²) in [5.41, 5.74) is 3.49. The van der Waals surface area contributed by atoms with Crippen molar-refractivity contribution in [2.75, 3.05) is 33.0 Å². The predicted octanol–water partition coefficient (Wildman–Crippen LogP) is 3.96. The van der Waals surface area contributed by atoms with Crippen LogP contribution in [0.1, 0.15) is 42.8 Å². The summed E-state index contributed by atoms with van der Waals surface area (Å²) in [7, 11) is 0. The Morgan fingerprint density at radius 3 is 2.53 bits per heavy atom. The topological polar surface area (TPSA) is 64.0 Å². The molecule has 2 aliphatic rings. The Hall–Kier alpha value is -1.57. The summed E-state index contributed by atoms with van der Waals surface area (Å²) in [6, 6.07) is 8.17. The van der Waals surface area contributed by atoms with Crippen molar-refractivity contribution < 1.29 is 19.3 Å². The highest BCUT2D eigenvalue weighted by molar-refractivity contribution is 5.85. The lowest BCUT2D eigenvalue weighted by Gasteiger charge is -2.49. The molecule has 1 aromatic heterocycles. The number of aromatic nitrogens is 1. The maximum Gasteiger partial charge on any atom is 0.137 e. The summed E-state index contributed by atoms with van der Waals surface area (Å²) in [5, 5.41) is 10.1. The van der Waals surface area contributed by atoms with Gasteiger partial charge in [0.2, 0.25) is 0 Å². The zero-order valence-electron chi connectivity index (χ0n) is 17.3. The number of ether oxygens (including phenoxy) is 3. The van der Waals surface area contributed by atoms with Crippen LogP contribution in [0.25, 0.3) is 0 Å². The van der Waals surface area contributed by atoms with Gasteiger partial charge in [-0.2, -0.15) is 0 Å². The molecule has 3 atom stereocenters. The van der Waals surface area contributed by atoms with Gasteiger partial charge in [0.05, 0.1) is 19.8 Å². The summed E-state index contributed by atoms with van der Waals surface area (Å²) in [4.78, 5) is 6.48. The number of hydrogen-bond acceptors (Lipinski definition) is 6. The number of aliphatic hydroxyl groups excluding tert-OH is 1. The van der Waals surface area contributed by atoms with E-state index < -0.39 is 0 Å². The summed E-state index contributed by atoms with van der Waals surface area (Å²) in [6.07, 6.45) is 4.32. The van der Waals surface area contributed by atoms with Gasteiger partial charge in [-0.1, -0.05) is 0 Å². The van der Waals surface area contributed by atoms with E-state index in [1.54, 1.807) is 12.4 Å². The molecule has 0 radical (unpaired) electrons. The molecular formula is C22H30Cl2N2O4. The van der Waals surface area contributed by atoms with Gasteiger partial charge < -0.3 is 19.3 Å². The van der Waals surface area contributed by atoms with Crippen LogP contribution in [-0.4, -0.2) is 48.0 Å². The van der Waals surface area contributed by atoms with Gasteiger partial charge in [0.25, 0.3) is 0 Å². The molecule has 0 bridgehead atoms. The quantitative estimate of drug-likeness (QED) is 0.709. The molecule has 1 fully saturated rings. The van der Waals surface area contributed by atoms with Gasteiger partial charge in [0.1, 0.15) is 17.7 Å². The van der Waals surface area contributed by atoms with Gasteiger partial charge >= 0.3 is 0 Å². The molecule has 8 heteroatoms. The SMILES string of the molecule is CCOc1cc(OCC)c2c(c1)C1C(CO)COC(c3ccncc3)N1CC2.Cl.Cl. The smallest absolute Gasteiger partial charge is 0.137 e. The maximum atomic E-state index is 10.1. The van der Waals surface area contributed by atoms with Crippen LogP contribution in [0.4, 0.5) is 0 Å². The number of nitrogens with zero attached hydrogens (tertiary/aromatic N) is 2. The third kappa shape index (κ3) is 4.68. The molecule has 4 rings (SSSR count). The summed E-state index contributed by atoms with van der Waals surface area (Å²) >= 11 is 0. The third-order valence-electron chi connectivity index (χ3n) is 5.57. The number of hydrogen-bond donors (Lipinski definition) is 1. The lowest BCUT2D eigenvalue weighted by Crippen LogP contribution is -2.49. The number of aliphatic hydroxyl groups is 1. The Morgan fingerprint density at radius 2 is 1.87 bits per heavy atom. The first kappa shape index (κ1) is 24.7. The van der Waals surface area contributed by atoms with E-state index in [2.05, 4.69) is 16.0 Å². The standard InChI is InChI=1S/C22H28N2O4.2ClH/c1-3-26-17-11-19-18(20(12-17)27-4-2)7-10-24-21(19)16(13-25)14-28-22(24)15-5-8-23-9-6-15;;/h5-6,8-9,11-12,16,21-22,25H,3-4,7,10,13-14H2,1-2H3;2*1H. The van der Waals surface area contributed by atoms with E-state index in [9.17, 15) is 5.11 Å². The Labute approximate surface area is 190 Å². The molecule has 3 unspecified atom stereocenters. The van der Waals surface area contributed by atoms with Gasteiger partial charge in [-0.15, -0.1) is 24.8 Å². The highest BCUT2D eigenvalue weighted by Gasteiger charge is 2.43. The van der Waals surface area contributed by atoms with E-state index in [4.69, 9.17) is 14.2 Å². The predicted molar refractivity (Wildman–Crippen MR) is 120 cm³/mol. The van der Waals surface area contributed by atoms with E-state index in [1.807, 2.05) is 32.0 Å². The lowest BCUT2D eigenvalue weighted by atomic mass is 9.83. The molecule has 2 aromatic rings. The van der Waals surface area contributed by atoms with Crippen LogP contribution >= 0.6 is 24.8 Å². The first-order valence-electron chi connectivity index (χ1n) is 10.1. The first-order chi connectivity index (χ1) is 13.8. The van der Waals surface area contributed by atoms with Gasteiger partial charge in [-0.3, -0.25) is 9.88 Å². The number of fused-ring (bicyclic) bond motifs is 3. The summed E-state index contributed by atoms with van der Waals surface area (Å²) in [6.45, 7) is 6.62. The molecule has 0 saturated carbocycles. The maximum absolute atomic E-state index is 10.1. The molecule has 0 spiro atoms. The van der Waals surface area contributed by atoms with Crippen LogP contribution in [0.2, 0.25) is 0 Å². The van der Waals surface area contributed by atoms with Crippen LogP contribution in [0.5, 0.6) is 11.5 Å². The normalized spacial score (nSPS) is 22.7. The van der Waals surface area contributed by atoms with Crippen molar-refractivity contribution in [2.45, 2.75) is 32.5 Å². The number of halogens is 2. The van der Waals surface area contributed by atoms with Crippen molar-refractivity contribution in [1.29, 1.82) is 0 Å². The van der Waals surface area contributed by atoms with Gasteiger partial charge in [0, 0.05) is 49.1 Å². The average Bonchev–Trinajstić information content (AvgIpc) is 2.74. The minimum Gasteiger partial charge on any atom is -0.494 e. The van der Waals surface area contributed by atoms with Gasteiger partial charge in [0.15, 0.2) is 0 Å². The van der Waals surface area contributed by atoms with Crippen molar-refractivity contribution in [2.24, 2.45) is 5.92 Å². The molecule has 0 aliphatic carbocycles. The fourth-order valence-electron chi connectivity index (χ4n) is 4.42. The van der Waals surface area contributed by atoms with E-state index in [0.717, 1.165) is 30.0 Å². The van der Waals surface area contributed by atoms with Crippen molar-refractivity contribution in [3.05, 3.63) is 53.3 Å². The van der Waals surface area contributed by atoms with Crippen molar-refractivity contribution >= 4 is 24.8 Å². The molecule has 166 valence electrons. The minimum absolute atomic E-state index is 0. The monoisotopic (exact) mass is 456 g/mol. The fourth-order valence-corrected chi connectivity index (χ4v) is 4.42. The Bertz CT molecular complexity index is 809. The second-order valence-corrected chi connectivity index (χ2v) is 7.20. The highest BCUT2D eigenvalue weighted by atomic mass is 35.5. The molecule has 30 heavy (non-hydrogen) atoms. The number of rotatable bonds is 6. The van der Waals surface area contributed by atoms with Crippen LogP contribution in [0.3, 0.4) is 0 Å². The van der Waals surface area contributed by atoms with Gasteiger partial charge in [-0.05, 0) is 49.6 Å². The molecule has 1 N–H and O–H groups in total. The Morgan fingerprint density at radius 1 is 1.13 bits per heavy atom. The first-order valence-corrected chi connectivity index (χ1v) is 10.1. The van der Waals surface area contributed by atoms with Crippen LogP contribution in [0, 0.1) is 5.92 Å². The van der Waals surface area contributed by atoms with Crippen molar-refractivity contribution in [3.8, 4) is 11.5 Å². The largest absolute Gasteiger partial charge is 0.494 e. The molecule has 3 heterocycles. The minimum atomic E-state index is -0.143. The van der Waals surface area contributed by atoms with Gasteiger partial charge in [-0.25, -0.2) is 0 Å². The third-order valence-corrected chi connectivity index (χ3v) is 5.57. The number of benzene rings is 1. The number of pyridine rings is 1. The Kier molecular flexibility index (Phi) is 9.19. The molecule has 1 aromatic carbocycles. The van der Waals surface area contributed by atoms with E-state index in [-0.39, 0.29) is 49.6 Å².